The van der Waals surface area contributed by atoms with E-state index in [1.165, 1.54) is 6.07 Å². The third kappa shape index (κ3) is 4.30. The van der Waals surface area contributed by atoms with Gasteiger partial charge in [0.15, 0.2) is 0 Å². The molecule has 0 aliphatic rings. The largest absolute Gasteiger partial charge is 0.385 e. The zero-order chi connectivity index (χ0) is 13.1. The topological polar surface area (TPSA) is 67.2 Å². The van der Waals surface area contributed by atoms with Crippen molar-refractivity contribution >= 4 is 17.1 Å². The zero-order valence-electron chi connectivity index (χ0n) is 10.7. The first-order chi connectivity index (χ1) is 7.81. The first-order valence-electron chi connectivity index (χ1n) is 5.63. The Bertz CT molecular complexity index is 411. The summed E-state index contributed by atoms with van der Waals surface area (Å²) in [5.74, 6) is 0. The minimum Gasteiger partial charge on any atom is -0.385 e. The molecule has 0 aliphatic carbocycles. The highest BCUT2D eigenvalue weighted by Gasteiger charge is 2.14. The summed E-state index contributed by atoms with van der Waals surface area (Å²) in [7, 11) is 0. The molecule has 1 rings (SSSR count). The summed E-state index contributed by atoms with van der Waals surface area (Å²) in [6.07, 6.45) is 0. The molecule has 1 aromatic carbocycles. The number of nitro groups is 1. The van der Waals surface area contributed by atoms with Crippen LogP contribution < -0.4 is 10.6 Å². The highest BCUT2D eigenvalue weighted by atomic mass is 16.6. The summed E-state index contributed by atoms with van der Waals surface area (Å²) in [4.78, 5) is 10.4. The second kappa shape index (κ2) is 5.03. The summed E-state index contributed by atoms with van der Waals surface area (Å²) in [5.41, 5.74) is 1.48. The molecule has 0 amide bonds. The van der Waals surface area contributed by atoms with Crippen LogP contribution in [-0.4, -0.2) is 17.0 Å². The van der Waals surface area contributed by atoms with Crippen LogP contribution in [0.4, 0.5) is 17.1 Å². The third-order valence-corrected chi connectivity index (χ3v) is 2.03. The van der Waals surface area contributed by atoms with Crippen LogP contribution in [0.3, 0.4) is 0 Å². The van der Waals surface area contributed by atoms with Crippen LogP contribution in [0.1, 0.15) is 27.7 Å². The van der Waals surface area contributed by atoms with Crippen molar-refractivity contribution in [1.82, 2.24) is 0 Å². The zero-order valence-corrected chi connectivity index (χ0v) is 10.7. The normalized spacial score (nSPS) is 11.1. The van der Waals surface area contributed by atoms with E-state index in [2.05, 4.69) is 10.6 Å². The van der Waals surface area contributed by atoms with Crippen molar-refractivity contribution in [2.24, 2.45) is 0 Å². The van der Waals surface area contributed by atoms with E-state index < -0.39 is 0 Å². The lowest BCUT2D eigenvalue weighted by Crippen LogP contribution is -2.26. The van der Waals surface area contributed by atoms with E-state index in [1.54, 1.807) is 6.07 Å². The highest BCUT2D eigenvalue weighted by molar-refractivity contribution is 5.64. The lowest BCUT2D eigenvalue weighted by atomic mass is 10.1. The molecule has 0 radical (unpaired) electrons. The van der Waals surface area contributed by atoms with E-state index in [0.717, 1.165) is 17.9 Å². The standard InChI is InChI=1S/C12H19N3O2/c1-5-13-9-6-10(14-12(2,3)4)8-11(7-9)15(16)17/h6-8,13-14H,5H2,1-4H3. The molecule has 5 heteroatoms. The average molecular weight is 237 g/mol. The molecule has 0 atom stereocenters. The highest BCUT2D eigenvalue weighted by Crippen LogP contribution is 2.26. The van der Waals surface area contributed by atoms with Gasteiger partial charge >= 0.3 is 0 Å². The minimum absolute atomic E-state index is 0.0928. The maximum Gasteiger partial charge on any atom is 0.273 e. The van der Waals surface area contributed by atoms with Gasteiger partial charge in [0.2, 0.25) is 0 Å². The van der Waals surface area contributed by atoms with E-state index >= 15 is 0 Å². The number of hydrogen-bond acceptors (Lipinski definition) is 4. The fraction of sp³-hybridized carbons (Fsp3) is 0.500. The molecule has 94 valence electrons. The van der Waals surface area contributed by atoms with Gasteiger partial charge in [0.1, 0.15) is 0 Å². The Balaban J connectivity index is 3.07. The molecule has 0 unspecified atom stereocenters. The van der Waals surface area contributed by atoms with Crippen LogP contribution in [0.15, 0.2) is 18.2 Å². The second-order valence-corrected chi connectivity index (χ2v) is 4.93. The quantitative estimate of drug-likeness (QED) is 0.623. The monoisotopic (exact) mass is 237 g/mol. The first kappa shape index (κ1) is 13.3. The number of anilines is 2. The lowest BCUT2D eigenvalue weighted by Gasteiger charge is -2.22. The van der Waals surface area contributed by atoms with E-state index in [1.807, 2.05) is 33.8 Å². The van der Waals surface area contributed by atoms with Crippen LogP contribution >= 0.6 is 0 Å². The Kier molecular flexibility index (Phi) is 3.93. The summed E-state index contributed by atoms with van der Waals surface area (Å²) >= 11 is 0. The van der Waals surface area contributed by atoms with Gasteiger partial charge in [0, 0.05) is 35.6 Å². The number of benzene rings is 1. The number of nitrogens with one attached hydrogen (secondary N) is 2. The lowest BCUT2D eigenvalue weighted by molar-refractivity contribution is -0.384. The van der Waals surface area contributed by atoms with Gasteiger partial charge < -0.3 is 10.6 Å². The Morgan fingerprint density at radius 1 is 1.24 bits per heavy atom. The van der Waals surface area contributed by atoms with Gasteiger partial charge in [-0.1, -0.05) is 0 Å². The molecular weight excluding hydrogens is 218 g/mol. The summed E-state index contributed by atoms with van der Waals surface area (Å²) in [6.45, 7) is 8.72. The van der Waals surface area contributed by atoms with Crippen molar-refractivity contribution in [3.05, 3.63) is 28.3 Å². The molecule has 0 bridgehead atoms. The average Bonchev–Trinajstić information content (AvgIpc) is 2.14. The van der Waals surface area contributed by atoms with Crippen LogP contribution in [0, 0.1) is 10.1 Å². The molecule has 1 aromatic rings. The van der Waals surface area contributed by atoms with Gasteiger partial charge in [-0.05, 0) is 33.8 Å². The Hall–Kier alpha value is -1.78. The number of nitro benzene ring substituents is 1. The summed E-state index contributed by atoms with van der Waals surface area (Å²) in [5, 5.41) is 17.1. The molecule has 0 saturated heterocycles. The van der Waals surface area contributed by atoms with E-state index in [-0.39, 0.29) is 16.1 Å². The van der Waals surface area contributed by atoms with Crippen molar-refractivity contribution in [3.63, 3.8) is 0 Å². The van der Waals surface area contributed by atoms with Crippen molar-refractivity contribution in [1.29, 1.82) is 0 Å². The van der Waals surface area contributed by atoms with Gasteiger partial charge in [-0.15, -0.1) is 0 Å². The third-order valence-electron chi connectivity index (χ3n) is 2.03. The molecule has 0 aromatic heterocycles. The van der Waals surface area contributed by atoms with E-state index in [4.69, 9.17) is 0 Å². The van der Waals surface area contributed by atoms with Gasteiger partial charge in [-0.2, -0.15) is 0 Å². The van der Waals surface area contributed by atoms with Gasteiger partial charge in [-0.3, -0.25) is 10.1 Å². The molecule has 0 aliphatic heterocycles. The van der Waals surface area contributed by atoms with Gasteiger partial charge in [0.25, 0.3) is 5.69 Å². The molecule has 0 fully saturated rings. The van der Waals surface area contributed by atoms with Crippen LogP contribution in [0.5, 0.6) is 0 Å². The molecule has 17 heavy (non-hydrogen) atoms. The Labute approximate surface area is 101 Å². The smallest absolute Gasteiger partial charge is 0.273 e. The second-order valence-electron chi connectivity index (χ2n) is 4.93. The van der Waals surface area contributed by atoms with Crippen molar-refractivity contribution in [3.8, 4) is 0 Å². The Morgan fingerprint density at radius 2 is 1.82 bits per heavy atom. The van der Waals surface area contributed by atoms with Crippen molar-refractivity contribution < 1.29 is 4.92 Å². The molecule has 5 nitrogen and oxygen atoms in total. The molecule has 0 saturated carbocycles. The number of hydrogen-bond donors (Lipinski definition) is 2. The SMILES string of the molecule is CCNc1cc(NC(C)(C)C)cc([N+](=O)[O-])c1. The number of non-ortho nitro benzene ring substituents is 1. The number of nitrogens with zero attached hydrogens (tertiary/aromatic N) is 1. The van der Waals surface area contributed by atoms with Crippen LogP contribution in [0.25, 0.3) is 0 Å². The Morgan fingerprint density at radius 3 is 2.29 bits per heavy atom. The molecule has 0 heterocycles. The van der Waals surface area contributed by atoms with E-state index in [9.17, 15) is 10.1 Å². The predicted molar refractivity (Wildman–Crippen MR) is 70.6 cm³/mol. The fourth-order valence-electron chi connectivity index (χ4n) is 1.53. The van der Waals surface area contributed by atoms with Crippen molar-refractivity contribution in [2.75, 3.05) is 17.2 Å². The molecule has 0 spiro atoms. The first-order valence-corrected chi connectivity index (χ1v) is 5.63. The van der Waals surface area contributed by atoms with E-state index in [0.29, 0.717) is 0 Å². The maximum absolute atomic E-state index is 10.8. The summed E-state index contributed by atoms with van der Waals surface area (Å²) < 4.78 is 0. The number of rotatable bonds is 4. The molecular formula is C12H19N3O2. The van der Waals surface area contributed by atoms with Crippen molar-refractivity contribution in [2.45, 2.75) is 33.2 Å². The van der Waals surface area contributed by atoms with Crippen LogP contribution in [-0.2, 0) is 0 Å². The minimum atomic E-state index is -0.380. The maximum atomic E-state index is 10.8. The van der Waals surface area contributed by atoms with Crippen LogP contribution in [0.2, 0.25) is 0 Å². The fourth-order valence-corrected chi connectivity index (χ4v) is 1.53. The molecule has 2 N–H and O–H groups in total. The van der Waals surface area contributed by atoms with Gasteiger partial charge in [-0.25, -0.2) is 0 Å². The summed E-state index contributed by atoms with van der Waals surface area (Å²) in [6, 6.07) is 4.96. The predicted octanol–water partition coefficient (Wildman–Crippen LogP) is 3.24. The van der Waals surface area contributed by atoms with Gasteiger partial charge in [0.05, 0.1) is 4.92 Å².